The van der Waals surface area contributed by atoms with Crippen LogP contribution >= 0.6 is 0 Å². The van der Waals surface area contributed by atoms with E-state index >= 15 is 0 Å². The molecule has 174 valence electrons. The first kappa shape index (κ1) is 21.5. The number of rotatable bonds is 6. The molecule has 0 bridgehead atoms. The van der Waals surface area contributed by atoms with E-state index < -0.39 is 25.2 Å². The molecule has 1 aliphatic rings. The molecule has 1 fully saturated rings. The Bertz CT molecular complexity index is 1320. The number of ether oxygens (including phenoxy) is 1. The maximum Gasteiger partial charge on any atom is 0.256 e. The number of hydrogen-bond acceptors (Lipinski definition) is 6. The zero-order chi connectivity index (χ0) is 23.3. The minimum atomic E-state index is -2.48. The zero-order valence-corrected chi connectivity index (χ0v) is 18.5. The third-order valence-electron chi connectivity index (χ3n) is 5.99. The van der Waals surface area contributed by atoms with Crippen LogP contribution in [0.5, 0.6) is 5.88 Å². The second-order valence-electron chi connectivity index (χ2n) is 8.32. The lowest BCUT2D eigenvalue weighted by molar-refractivity contribution is 0.127. The molecular weight excluding hydrogens is 435 g/mol. The number of methoxy groups -OCH3 is 1. The highest BCUT2D eigenvalue weighted by molar-refractivity contribution is 5.89. The summed E-state index contributed by atoms with van der Waals surface area (Å²) in [5, 5.41) is 7.56. The summed E-state index contributed by atoms with van der Waals surface area (Å²) in [5.41, 5.74) is 3.48. The molecule has 0 spiro atoms. The van der Waals surface area contributed by atoms with Gasteiger partial charge in [0.25, 0.3) is 6.43 Å². The van der Waals surface area contributed by atoms with Gasteiger partial charge in [-0.2, -0.15) is 4.98 Å². The highest BCUT2D eigenvalue weighted by atomic mass is 19.3. The molecule has 1 aliphatic heterocycles. The maximum absolute atomic E-state index is 14.2. The van der Waals surface area contributed by atoms with Gasteiger partial charge in [-0.05, 0) is 37.7 Å². The van der Waals surface area contributed by atoms with E-state index in [2.05, 4.69) is 20.4 Å². The van der Waals surface area contributed by atoms with Crippen molar-refractivity contribution in [1.29, 1.82) is 0 Å². The molecule has 2 atom stereocenters. The van der Waals surface area contributed by atoms with Crippen LogP contribution in [0.2, 0.25) is 0 Å². The average Bonchev–Trinajstić information content (AvgIpc) is 3.42. The Morgan fingerprint density at radius 1 is 1.21 bits per heavy atom. The Labute approximate surface area is 188 Å². The predicted octanol–water partition coefficient (Wildman–Crippen LogP) is 3.39. The molecule has 1 aromatic carbocycles. The fourth-order valence-electron chi connectivity index (χ4n) is 4.46. The molecule has 4 aromatic rings. The van der Waals surface area contributed by atoms with Gasteiger partial charge in [0.1, 0.15) is 17.5 Å². The summed E-state index contributed by atoms with van der Waals surface area (Å²) in [7, 11) is 3.37. The molecule has 0 radical (unpaired) electrons. The second-order valence-corrected chi connectivity index (χ2v) is 8.32. The first-order valence-corrected chi connectivity index (χ1v) is 10.6. The first-order valence-electron chi connectivity index (χ1n) is 10.6. The predicted molar refractivity (Wildman–Crippen MR) is 119 cm³/mol. The van der Waals surface area contributed by atoms with Crippen molar-refractivity contribution in [3.8, 4) is 17.0 Å². The van der Waals surface area contributed by atoms with Crippen molar-refractivity contribution in [1.82, 2.24) is 29.0 Å². The third kappa shape index (κ3) is 3.86. The van der Waals surface area contributed by atoms with Crippen molar-refractivity contribution < 1.29 is 17.9 Å². The number of benzene rings is 1. The normalized spacial score (nSPS) is 19.2. The fourth-order valence-corrected chi connectivity index (χ4v) is 4.46. The number of aryl methyl sites for hydroxylation is 1. The second kappa shape index (κ2) is 8.22. The minimum absolute atomic E-state index is 0.269. The monoisotopic (exact) mass is 459 g/mol. The number of hydrogen-bond donors (Lipinski definition) is 1. The van der Waals surface area contributed by atoms with E-state index in [4.69, 9.17) is 4.74 Å². The molecule has 0 amide bonds. The van der Waals surface area contributed by atoms with Crippen molar-refractivity contribution in [2.24, 2.45) is 0 Å². The quantitative estimate of drug-likeness (QED) is 0.477. The molecule has 0 aliphatic carbocycles. The van der Waals surface area contributed by atoms with Crippen LogP contribution in [0.25, 0.3) is 27.7 Å². The minimum Gasteiger partial charge on any atom is -0.479 e. The standard InChI is InChI=1S/C22H24F3N7O/c1-12-26-16-5-4-13(8-18(16)31(12)11-19(24)25)14-6-7-32-20(14)21(33-3)28-22(29-32)27-17-10-30(2)9-15(17)23/h4-8,15,17,19H,9-11H2,1-3H3,(H,27,29)/t15-,17+/m1/s1. The molecule has 1 saturated heterocycles. The molecule has 33 heavy (non-hydrogen) atoms. The van der Waals surface area contributed by atoms with E-state index in [0.717, 1.165) is 11.1 Å². The topological polar surface area (TPSA) is 72.5 Å². The number of halogens is 3. The summed E-state index contributed by atoms with van der Waals surface area (Å²) in [5.74, 6) is 1.13. The number of imidazole rings is 1. The summed E-state index contributed by atoms with van der Waals surface area (Å²) >= 11 is 0. The van der Waals surface area contributed by atoms with Gasteiger partial charge in [-0.15, -0.1) is 5.10 Å². The SMILES string of the molecule is COc1nc(N[C@H]2CN(C)C[C@H]2F)nn2ccc(-c3ccc4nc(C)n(CC(F)F)c4c3)c12. The van der Waals surface area contributed by atoms with Gasteiger partial charge in [0.05, 0.1) is 30.7 Å². The zero-order valence-electron chi connectivity index (χ0n) is 18.5. The Kier molecular flexibility index (Phi) is 5.35. The van der Waals surface area contributed by atoms with Crippen LogP contribution < -0.4 is 10.1 Å². The summed E-state index contributed by atoms with van der Waals surface area (Å²) in [6.45, 7) is 2.20. The Hall–Kier alpha value is -3.34. The summed E-state index contributed by atoms with van der Waals surface area (Å²) in [6, 6.07) is 6.97. The van der Waals surface area contributed by atoms with E-state index in [1.165, 1.54) is 11.7 Å². The van der Waals surface area contributed by atoms with Gasteiger partial charge >= 0.3 is 0 Å². The van der Waals surface area contributed by atoms with E-state index in [0.29, 0.717) is 41.3 Å². The fraction of sp³-hybridized carbons (Fsp3) is 0.409. The summed E-state index contributed by atoms with van der Waals surface area (Å²) < 4.78 is 49.1. The van der Waals surface area contributed by atoms with Crippen molar-refractivity contribution in [2.75, 3.05) is 32.6 Å². The molecule has 3 aromatic heterocycles. The molecule has 4 heterocycles. The Morgan fingerprint density at radius 2 is 2.03 bits per heavy atom. The van der Waals surface area contributed by atoms with Gasteiger partial charge in [0.2, 0.25) is 11.8 Å². The van der Waals surface area contributed by atoms with Crippen molar-refractivity contribution in [3.05, 3.63) is 36.3 Å². The molecule has 0 saturated carbocycles. The highest BCUT2D eigenvalue weighted by Gasteiger charge is 2.31. The lowest BCUT2D eigenvalue weighted by Crippen LogP contribution is -2.30. The number of aromatic nitrogens is 5. The van der Waals surface area contributed by atoms with E-state index in [-0.39, 0.29) is 5.95 Å². The molecule has 1 N–H and O–H groups in total. The number of alkyl halides is 3. The van der Waals surface area contributed by atoms with Crippen LogP contribution in [-0.4, -0.2) is 74.9 Å². The molecule has 5 rings (SSSR count). The number of likely N-dealkylation sites (N-methyl/N-ethyl adjacent to an activating group) is 1. The summed E-state index contributed by atoms with van der Waals surface area (Å²) in [4.78, 5) is 10.8. The smallest absolute Gasteiger partial charge is 0.256 e. The van der Waals surface area contributed by atoms with Gasteiger partial charge in [-0.3, -0.25) is 0 Å². The van der Waals surface area contributed by atoms with Crippen LogP contribution in [0, 0.1) is 6.92 Å². The van der Waals surface area contributed by atoms with E-state index in [1.807, 2.05) is 36.2 Å². The van der Waals surface area contributed by atoms with Crippen LogP contribution in [0.1, 0.15) is 5.82 Å². The maximum atomic E-state index is 14.2. The van der Waals surface area contributed by atoms with Gasteiger partial charge in [-0.25, -0.2) is 22.7 Å². The average molecular weight is 459 g/mol. The first-order chi connectivity index (χ1) is 15.8. The number of likely N-dealkylation sites (tertiary alicyclic amines) is 1. The molecule has 0 unspecified atom stereocenters. The van der Waals surface area contributed by atoms with Crippen molar-refractivity contribution in [3.63, 3.8) is 0 Å². The van der Waals surface area contributed by atoms with Crippen LogP contribution in [0.3, 0.4) is 0 Å². The van der Waals surface area contributed by atoms with Gasteiger partial charge in [0.15, 0.2) is 0 Å². The number of nitrogens with zero attached hydrogens (tertiary/aromatic N) is 6. The third-order valence-corrected chi connectivity index (χ3v) is 5.99. The summed E-state index contributed by atoms with van der Waals surface area (Å²) in [6.07, 6.45) is -1.74. The van der Waals surface area contributed by atoms with E-state index in [1.54, 1.807) is 17.6 Å². The Morgan fingerprint density at radius 3 is 2.73 bits per heavy atom. The van der Waals surface area contributed by atoms with E-state index in [9.17, 15) is 13.2 Å². The largest absolute Gasteiger partial charge is 0.479 e. The van der Waals surface area contributed by atoms with Gasteiger partial charge < -0.3 is 19.5 Å². The number of nitrogens with one attached hydrogen (secondary N) is 1. The lowest BCUT2D eigenvalue weighted by atomic mass is 10.1. The van der Waals surface area contributed by atoms with Gasteiger partial charge in [0, 0.05) is 24.8 Å². The Balaban J connectivity index is 1.56. The molecule has 8 nitrogen and oxygen atoms in total. The number of fused-ring (bicyclic) bond motifs is 2. The van der Waals surface area contributed by atoms with Gasteiger partial charge in [-0.1, -0.05) is 6.07 Å². The van der Waals surface area contributed by atoms with Crippen LogP contribution in [0.15, 0.2) is 30.5 Å². The lowest BCUT2D eigenvalue weighted by Gasteiger charge is -2.15. The molecular formula is C22H24F3N7O. The van der Waals surface area contributed by atoms with Crippen molar-refractivity contribution >= 4 is 22.5 Å². The van der Waals surface area contributed by atoms with Crippen LogP contribution in [0.4, 0.5) is 19.1 Å². The highest BCUT2D eigenvalue weighted by Crippen LogP contribution is 2.33. The van der Waals surface area contributed by atoms with Crippen molar-refractivity contribution in [2.45, 2.75) is 32.1 Å². The number of anilines is 1. The molecule has 11 heteroatoms. The van der Waals surface area contributed by atoms with Crippen LogP contribution in [-0.2, 0) is 6.54 Å².